The molecule has 0 aliphatic carbocycles. The quantitative estimate of drug-likeness (QED) is 0.770. The molecule has 1 aromatic carbocycles. The van der Waals surface area contributed by atoms with Crippen LogP contribution in [-0.2, 0) is 6.18 Å². The SMILES string of the molecule is Cc1sc(Sc2cccc(C(F)(F)F)c2)nc1C1NNNC1C#N. The van der Waals surface area contributed by atoms with Gasteiger partial charge in [0.15, 0.2) is 4.34 Å². The summed E-state index contributed by atoms with van der Waals surface area (Å²) in [5, 5.41) is 9.11. The number of nitrogens with one attached hydrogen (secondary N) is 3. The van der Waals surface area contributed by atoms with Gasteiger partial charge >= 0.3 is 6.18 Å². The third kappa shape index (κ3) is 3.55. The fourth-order valence-corrected chi connectivity index (χ4v) is 4.44. The summed E-state index contributed by atoms with van der Waals surface area (Å²) in [7, 11) is 0. The van der Waals surface area contributed by atoms with E-state index >= 15 is 0 Å². The van der Waals surface area contributed by atoms with E-state index in [9.17, 15) is 13.2 Å². The standard InChI is InChI=1S/C14H12F3N5S2/c1-7-11(12-10(6-18)20-22-21-12)19-13(23-7)24-9-4-2-3-8(5-9)14(15,16)17/h2-5,10,12,20-22H,1H3. The number of alkyl halides is 3. The predicted octanol–water partition coefficient (Wildman–Crippen LogP) is 3.17. The molecular weight excluding hydrogens is 359 g/mol. The first kappa shape index (κ1) is 17.2. The van der Waals surface area contributed by atoms with E-state index in [0.717, 1.165) is 17.0 Å². The molecule has 1 aliphatic heterocycles. The lowest BCUT2D eigenvalue weighted by atomic mass is 10.1. The molecule has 1 saturated heterocycles. The van der Waals surface area contributed by atoms with Crippen LogP contribution < -0.4 is 16.4 Å². The molecule has 0 amide bonds. The minimum absolute atomic E-state index is 0.317. The summed E-state index contributed by atoms with van der Waals surface area (Å²) in [6.45, 7) is 1.87. The largest absolute Gasteiger partial charge is 0.416 e. The first-order chi connectivity index (χ1) is 11.4. The van der Waals surface area contributed by atoms with Crippen LogP contribution in [0.25, 0.3) is 0 Å². The number of aromatic nitrogens is 1. The molecule has 2 atom stereocenters. The Hall–Kier alpha value is -1.64. The van der Waals surface area contributed by atoms with Crippen LogP contribution in [0.15, 0.2) is 33.5 Å². The fourth-order valence-electron chi connectivity index (χ4n) is 2.25. The predicted molar refractivity (Wildman–Crippen MR) is 84.0 cm³/mol. The molecule has 3 rings (SSSR count). The number of hydrazine groups is 2. The van der Waals surface area contributed by atoms with Crippen molar-refractivity contribution >= 4 is 23.1 Å². The maximum Gasteiger partial charge on any atom is 0.416 e. The van der Waals surface area contributed by atoms with E-state index < -0.39 is 17.8 Å². The summed E-state index contributed by atoms with van der Waals surface area (Å²) in [5.74, 6) is 0. The van der Waals surface area contributed by atoms with Crippen LogP contribution in [0.3, 0.4) is 0 Å². The lowest BCUT2D eigenvalue weighted by Crippen LogP contribution is -2.32. The number of aryl methyl sites for hydroxylation is 1. The van der Waals surface area contributed by atoms with Crippen molar-refractivity contribution in [2.24, 2.45) is 0 Å². The minimum Gasteiger partial charge on any atom is -0.232 e. The Morgan fingerprint density at radius 1 is 1.33 bits per heavy atom. The Morgan fingerprint density at radius 2 is 2.12 bits per heavy atom. The molecule has 1 fully saturated rings. The molecule has 1 aromatic heterocycles. The molecule has 0 bridgehead atoms. The van der Waals surface area contributed by atoms with Gasteiger partial charge in [-0.2, -0.15) is 24.0 Å². The highest BCUT2D eigenvalue weighted by atomic mass is 32.2. The van der Waals surface area contributed by atoms with Gasteiger partial charge in [0.2, 0.25) is 0 Å². The Labute approximate surface area is 144 Å². The van der Waals surface area contributed by atoms with Crippen LogP contribution in [0, 0.1) is 18.3 Å². The summed E-state index contributed by atoms with van der Waals surface area (Å²) < 4.78 is 39.0. The van der Waals surface area contributed by atoms with Gasteiger partial charge in [-0.05, 0) is 25.1 Å². The second kappa shape index (κ2) is 6.70. The van der Waals surface area contributed by atoms with E-state index in [4.69, 9.17) is 5.26 Å². The summed E-state index contributed by atoms with van der Waals surface area (Å²) >= 11 is 2.56. The molecule has 0 radical (unpaired) electrons. The molecule has 24 heavy (non-hydrogen) atoms. The first-order valence-corrected chi connectivity index (χ1v) is 8.50. The number of rotatable bonds is 3. The highest BCUT2D eigenvalue weighted by molar-refractivity contribution is 8.01. The monoisotopic (exact) mass is 371 g/mol. The van der Waals surface area contributed by atoms with Gasteiger partial charge in [-0.3, -0.25) is 0 Å². The summed E-state index contributed by atoms with van der Waals surface area (Å²) in [6, 6.07) is 6.47. The van der Waals surface area contributed by atoms with Gasteiger partial charge in [0.1, 0.15) is 6.04 Å². The van der Waals surface area contributed by atoms with Crippen molar-refractivity contribution in [3.63, 3.8) is 0 Å². The molecule has 3 N–H and O–H groups in total. The van der Waals surface area contributed by atoms with Crippen molar-refractivity contribution in [1.29, 1.82) is 5.26 Å². The Morgan fingerprint density at radius 3 is 2.83 bits per heavy atom. The molecule has 10 heteroatoms. The molecule has 1 aliphatic rings. The van der Waals surface area contributed by atoms with Crippen molar-refractivity contribution in [1.82, 2.24) is 21.4 Å². The molecule has 2 unspecified atom stereocenters. The fraction of sp³-hybridized carbons (Fsp3) is 0.286. The third-order valence-electron chi connectivity index (χ3n) is 3.40. The average molecular weight is 371 g/mol. The van der Waals surface area contributed by atoms with E-state index in [-0.39, 0.29) is 6.04 Å². The number of nitriles is 1. The number of hydrogen-bond acceptors (Lipinski definition) is 7. The van der Waals surface area contributed by atoms with Gasteiger partial charge in [0.25, 0.3) is 0 Å². The first-order valence-electron chi connectivity index (χ1n) is 6.86. The normalized spacial score (nSPS) is 21.0. The average Bonchev–Trinajstić information content (AvgIpc) is 3.12. The van der Waals surface area contributed by atoms with Crippen LogP contribution in [0.4, 0.5) is 13.2 Å². The lowest BCUT2D eigenvalue weighted by Gasteiger charge is -2.09. The van der Waals surface area contributed by atoms with Crippen molar-refractivity contribution in [2.45, 2.75) is 34.4 Å². The minimum atomic E-state index is -4.37. The number of nitrogens with zero attached hydrogens (tertiary/aromatic N) is 2. The van der Waals surface area contributed by atoms with E-state index in [1.807, 2.05) is 6.92 Å². The van der Waals surface area contributed by atoms with Gasteiger partial charge in [0, 0.05) is 9.77 Å². The van der Waals surface area contributed by atoms with Gasteiger partial charge in [-0.25, -0.2) is 15.8 Å². The van der Waals surface area contributed by atoms with E-state index in [1.54, 1.807) is 6.07 Å². The summed E-state index contributed by atoms with van der Waals surface area (Å²) in [4.78, 5) is 5.86. The molecule has 126 valence electrons. The third-order valence-corrected chi connectivity index (χ3v) is 5.44. The molecule has 2 heterocycles. The Balaban J connectivity index is 1.83. The van der Waals surface area contributed by atoms with Gasteiger partial charge in [0.05, 0.1) is 23.4 Å². The number of benzene rings is 1. The number of halogens is 3. The lowest BCUT2D eigenvalue weighted by molar-refractivity contribution is -0.137. The van der Waals surface area contributed by atoms with Crippen LogP contribution >= 0.6 is 23.1 Å². The summed E-state index contributed by atoms with van der Waals surface area (Å²) in [6.07, 6.45) is -4.37. The second-order valence-electron chi connectivity index (χ2n) is 5.05. The van der Waals surface area contributed by atoms with Crippen molar-refractivity contribution in [2.75, 3.05) is 0 Å². The molecule has 5 nitrogen and oxygen atoms in total. The van der Waals surface area contributed by atoms with Crippen molar-refractivity contribution < 1.29 is 13.2 Å². The highest BCUT2D eigenvalue weighted by Crippen LogP contribution is 2.38. The van der Waals surface area contributed by atoms with E-state index in [1.165, 1.54) is 29.2 Å². The second-order valence-corrected chi connectivity index (χ2v) is 7.57. The number of thiazole rings is 1. The Kier molecular flexibility index (Phi) is 4.80. The van der Waals surface area contributed by atoms with Gasteiger partial charge in [-0.1, -0.05) is 17.8 Å². The molecule has 0 spiro atoms. The van der Waals surface area contributed by atoms with Crippen molar-refractivity contribution in [3.8, 4) is 6.07 Å². The van der Waals surface area contributed by atoms with E-state index in [0.29, 0.717) is 14.9 Å². The molecular formula is C14H12F3N5S2. The summed E-state index contributed by atoms with van der Waals surface area (Å²) in [5.41, 5.74) is 8.41. The van der Waals surface area contributed by atoms with Gasteiger partial charge in [-0.15, -0.1) is 11.3 Å². The Bertz CT molecular complexity index is 783. The molecule has 2 aromatic rings. The topological polar surface area (TPSA) is 72.8 Å². The smallest absolute Gasteiger partial charge is 0.232 e. The maximum absolute atomic E-state index is 12.8. The van der Waals surface area contributed by atoms with Crippen LogP contribution in [0.2, 0.25) is 0 Å². The van der Waals surface area contributed by atoms with Crippen molar-refractivity contribution in [3.05, 3.63) is 40.4 Å². The van der Waals surface area contributed by atoms with Gasteiger partial charge < -0.3 is 0 Å². The van der Waals surface area contributed by atoms with Crippen LogP contribution in [0.1, 0.15) is 22.2 Å². The maximum atomic E-state index is 12.8. The number of hydrogen-bond donors (Lipinski definition) is 3. The molecule has 0 saturated carbocycles. The zero-order chi connectivity index (χ0) is 17.3. The van der Waals surface area contributed by atoms with E-state index in [2.05, 4.69) is 27.4 Å². The zero-order valence-corrected chi connectivity index (χ0v) is 13.9. The zero-order valence-electron chi connectivity index (χ0n) is 12.3. The van der Waals surface area contributed by atoms with Crippen LogP contribution in [0.5, 0.6) is 0 Å². The van der Waals surface area contributed by atoms with Crippen LogP contribution in [-0.4, -0.2) is 11.0 Å². The highest BCUT2D eigenvalue weighted by Gasteiger charge is 2.32.